The molecule has 6 heteroatoms. The number of esters is 3. The average molecular weight is 755 g/mol. The molecule has 0 bridgehead atoms. The van der Waals surface area contributed by atoms with Crippen LogP contribution in [0, 0.1) is 0 Å². The number of carbonyl (C=O) groups is 3. The maximum absolute atomic E-state index is 12.6. The van der Waals surface area contributed by atoms with Gasteiger partial charge in [-0.1, -0.05) is 178 Å². The van der Waals surface area contributed by atoms with Crippen molar-refractivity contribution in [3.63, 3.8) is 0 Å². The van der Waals surface area contributed by atoms with Gasteiger partial charge in [-0.2, -0.15) is 0 Å². The highest BCUT2D eigenvalue weighted by molar-refractivity contribution is 5.71. The third-order valence-corrected chi connectivity index (χ3v) is 9.27. The summed E-state index contributed by atoms with van der Waals surface area (Å²) in [6.07, 6.45) is 51.1. The molecule has 0 heterocycles. The second kappa shape index (κ2) is 42.8. The first-order chi connectivity index (χ1) is 26.5. The van der Waals surface area contributed by atoms with E-state index in [0.717, 1.165) is 77.0 Å². The Morgan fingerprint density at radius 1 is 0.389 bits per heavy atom. The Bertz CT molecular complexity index is 1010. The quantitative estimate of drug-likeness (QED) is 0.0269. The molecule has 0 amide bonds. The fraction of sp³-hybridized carbons (Fsp3) is 0.729. The molecule has 0 spiro atoms. The number of rotatable bonds is 39. The number of hydrogen-bond donors (Lipinski definition) is 0. The molecule has 310 valence electrons. The Morgan fingerprint density at radius 2 is 0.759 bits per heavy atom. The van der Waals surface area contributed by atoms with Crippen LogP contribution in [-0.2, 0) is 28.6 Å². The minimum absolute atomic E-state index is 0.105. The maximum atomic E-state index is 12.6. The van der Waals surface area contributed by atoms with Gasteiger partial charge >= 0.3 is 17.9 Å². The van der Waals surface area contributed by atoms with Crippen molar-refractivity contribution in [3.8, 4) is 0 Å². The van der Waals surface area contributed by atoms with E-state index in [9.17, 15) is 14.4 Å². The fourth-order valence-electron chi connectivity index (χ4n) is 5.92. The first kappa shape index (κ1) is 51.1. The zero-order chi connectivity index (χ0) is 39.4. The zero-order valence-corrected chi connectivity index (χ0v) is 35.2. The number of hydrogen-bond acceptors (Lipinski definition) is 6. The van der Waals surface area contributed by atoms with Gasteiger partial charge in [0.25, 0.3) is 0 Å². The molecule has 0 aliphatic carbocycles. The molecule has 1 atom stereocenters. The highest BCUT2D eigenvalue weighted by Gasteiger charge is 2.19. The normalized spacial score (nSPS) is 12.6. The summed E-state index contributed by atoms with van der Waals surface area (Å²) in [6, 6.07) is 0. The van der Waals surface area contributed by atoms with Crippen molar-refractivity contribution >= 4 is 17.9 Å². The molecule has 0 saturated carbocycles. The molecule has 0 radical (unpaired) electrons. The van der Waals surface area contributed by atoms with Gasteiger partial charge in [-0.3, -0.25) is 14.4 Å². The summed E-state index contributed by atoms with van der Waals surface area (Å²) in [6.45, 7) is 6.35. The van der Waals surface area contributed by atoms with Gasteiger partial charge in [-0.15, -0.1) is 0 Å². The standard InChI is InChI=1S/C48H82O6/c1-4-7-10-13-15-17-19-21-22-23-24-25-27-28-30-32-35-38-41-47(50)53-44-45(43-52-46(49)40-37-34-12-9-6-3)54-48(51)42-39-36-33-31-29-26-20-18-16-14-11-8-5-2/h8,11,16,18,22-23,26,29,33,36,45H,4-7,9-10,12-15,17,19-21,24-25,27-28,30-32,34-35,37-44H2,1-3H3/b11-8-,18-16-,23-22-,29-26-,36-33-. The molecule has 0 aliphatic heterocycles. The molecule has 0 saturated heterocycles. The predicted octanol–water partition coefficient (Wildman–Crippen LogP) is 14.1. The van der Waals surface area contributed by atoms with Crippen LogP contribution >= 0.6 is 0 Å². The maximum Gasteiger partial charge on any atom is 0.306 e. The lowest BCUT2D eigenvalue weighted by Gasteiger charge is -2.18. The molecule has 0 aromatic carbocycles. The molecular formula is C48H82O6. The smallest absolute Gasteiger partial charge is 0.306 e. The second-order valence-corrected chi connectivity index (χ2v) is 14.6. The van der Waals surface area contributed by atoms with Gasteiger partial charge < -0.3 is 14.2 Å². The summed E-state index contributed by atoms with van der Waals surface area (Å²) < 4.78 is 16.5. The van der Waals surface area contributed by atoms with E-state index in [2.05, 4.69) is 69.4 Å². The molecule has 0 aromatic rings. The van der Waals surface area contributed by atoms with Crippen LogP contribution in [0.4, 0.5) is 0 Å². The van der Waals surface area contributed by atoms with Crippen LogP contribution in [0.5, 0.6) is 0 Å². The van der Waals surface area contributed by atoms with Gasteiger partial charge in [0.2, 0.25) is 0 Å². The van der Waals surface area contributed by atoms with Gasteiger partial charge in [0, 0.05) is 19.3 Å². The van der Waals surface area contributed by atoms with E-state index in [1.165, 1.54) is 83.5 Å². The molecule has 0 fully saturated rings. The molecule has 6 nitrogen and oxygen atoms in total. The Balaban J connectivity index is 4.29. The fourth-order valence-corrected chi connectivity index (χ4v) is 5.92. The lowest BCUT2D eigenvalue weighted by molar-refractivity contribution is -0.166. The Labute approximate surface area is 332 Å². The van der Waals surface area contributed by atoms with Crippen LogP contribution in [-0.4, -0.2) is 37.2 Å². The van der Waals surface area contributed by atoms with E-state index in [0.29, 0.717) is 19.3 Å². The summed E-state index contributed by atoms with van der Waals surface area (Å²) in [5.74, 6) is -1.01. The number of allylic oxidation sites excluding steroid dienone is 10. The molecule has 0 rings (SSSR count). The van der Waals surface area contributed by atoms with Crippen LogP contribution in [0.15, 0.2) is 60.8 Å². The number of unbranched alkanes of at least 4 members (excludes halogenated alkanes) is 18. The van der Waals surface area contributed by atoms with E-state index in [-0.39, 0.29) is 31.6 Å². The first-order valence-corrected chi connectivity index (χ1v) is 22.3. The van der Waals surface area contributed by atoms with E-state index >= 15 is 0 Å². The first-order valence-electron chi connectivity index (χ1n) is 22.3. The predicted molar refractivity (Wildman–Crippen MR) is 228 cm³/mol. The highest BCUT2D eigenvalue weighted by atomic mass is 16.6. The number of carbonyl (C=O) groups excluding carboxylic acids is 3. The largest absolute Gasteiger partial charge is 0.462 e. The van der Waals surface area contributed by atoms with Crippen molar-refractivity contribution in [2.24, 2.45) is 0 Å². The van der Waals surface area contributed by atoms with Crippen molar-refractivity contribution in [1.82, 2.24) is 0 Å². The van der Waals surface area contributed by atoms with Gasteiger partial charge in [0.15, 0.2) is 6.10 Å². The highest BCUT2D eigenvalue weighted by Crippen LogP contribution is 2.13. The summed E-state index contributed by atoms with van der Waals surface area (Å²) in [7, 11) is 0. The topological polar surface area (TPSA) is 78.9 Å². The molecule has 54 heavy (non-hydrogen) atoms. The molecule has 0 aliphatic rings. The lowest BCUT2D eigenvalue weighted by Crippen LogP contribution is -2.30. The van der Waals surface area contributed by atoms with Crippen LogP contribution < -0.4 is 0 Å². The Hall–Kier alpha value is -2.89. The summed E-state index contributed by atoms with van der Waals surface area (Å²) in [5.41, 5.74) is 0. The minimum Gasteiger partial charge on any atom is -0.462 e. The summed E-state index contributed by atoms with van der Waals surface area (Å²) >= 11 is 0. The molecular weight excluding hydrogens is 673 g/mol. The van der Waals surface area contributed by atoms with E-state index in [4.69, 9.17) is 14.2 Å². The second-order valence-electron chi connectivity index (χ2n) is 14.6. The third kappa shape index (κ3) is 40.3. The SMILES string of the molecule is CC/C=C\C/C=C\C/C=C\C/C=C\CCC(=O)OC(COC(=O)CCCCCCC)COC(=O)CCCCCCCCC/C=C\CCCCCCCCC. The van der Waals surface area contributed by atoms with Crippen LogP contribution in [0.3, 0.4) is 0 Å². The Kier molecular flexibility index (Phi) is 40.6. The van der Waals surface area contributed by atoms with Crippen molar-refractivity contribution < 1.29 is 28.6 Å². The van der Waals surface area contributed by atoms with Crippen LogP contribution in [0.2, 0.25) is 0 Å². The lowest BCUT2D eigenvalue weighted by atomic mass is 10.1. The molecule has 0 N–H and O–H groups in total. The van der Waals surface area contributed by atoms with Crippen molar-refractivity contribution in [3.05, 3.63) is 60.8 Å². The van der Waals surface area contributed by atoms with Gasteiger partial charge in [0.1, 0.15) is 13.2 Å². The average Bonchev–Trinajstić information content (AvgIpc) is 3.17. The summed E-state index contributed by atoms with van der Waals surface area (Å²) in [5, 5.41) is 0. The molecule has 0 aromatic heterocycles. The van der Waals surface area contributed by atoms with E-state index < -0.39 is 12.1 Å². The zero-order valence-electron chi connectivity index (χ0n) is 35.2. The van der Waals surface area contributed by atoms with Gasteiger partial charge in [-0.05, 0) is 70.6 Å². The third-order valence-electron chi connectivity index (χ3n) is 9.27. The Morgan fingerprint density at radius 3 is 1.20 bits per heavy atom. The summed E-state index contributed by atoms with van der Waals surface area (Å²) in [4.78, 5) is 37.4. The van der Waals surface area contributed by atoms with E-state index in [1.54, 1.807) is 0 Å². The van der Waals surface area contributed by atoms with Crippen molar-refractivity contribution in [2.45, 2.75) is 213 Å². The van der Waals surface area contributed by atoms with Crippen molar-refractivity contribution in [2.75, 3.05) is 13.2 Å². The minimum atomic E-state index is -0.807. The van der Waals surface area contributed by atoms with Gasteiger partial charge in [-0.25, -0.2) is 0 Å². The van der Waals surface area contributed by atoms with Crippen LogP contribution in [0.25, 0.3) is 0 Å². The van der Waals surface area contributed by atoms with Crippen LogP contribution in [0.1, 0.15) is 207 Å². The van der Waals surface area contributed by atoms with Crippen molar-refractivity contribution in [1.29, 1.82) is 0 Å². The number of ether oxygens (including phenoxy) is 3. The molecule has 1 unspecified atom stereocenters. The monoisotopic (exact) mass is 755 g/mol. The van der Waals surface area contributed by atoms with Gasteiger partial charge in [0.05, 0.1) is 0 Å². The van der Waals surface area contributed by atoms with E-state index in [1.807, 2.05) is 12.2 Å².